The highest BCUT2D eigenvalue weighted by Gasteiger charge is 2.23. The van der Waals surface area contributed by atoms with E-state index in [9.17, 15) is 22.0 Å². The Hall–Kier alpha value is -2.69. The second-order valence-corrected chi connectivity index (χ2v) is 8.55. The zero-order valence-corrected chi connectivity index (χ0v) is 16.7. The molecule has 1 amide bonds. The summed E-state index contributed by atoms with van der Waals surface area (Å²) in [6.45, 7) is -0.0758. The molecule has 2 aromatic heterocycles. The van der Waals surface area contributed by atoms with Crippen LogP contribution in [0, 0.1) is 11.6 Å². The largest absolute Gasteiger partial charge is 0.352 e. The number of rotatable bonds is 8. The minimum Gasteiger partial charge on any atom is -0.352 e. The van der Waals surface area contributed by atoms with E-state index in [2.05, 4.69) is 10.3 Å². The van der Waals surface area contributed by atoms with Crippen molar-refractivity contribution in [2.24, 2.45) is 0 Å². The monoisotopic (exact) mass is 437 g/mol. The molecule has 0 aliphatic heterocycles. The average Bonchev–Trinajstić information content (AvgIpc) is 3.21. The van der Waals surface area contributed by atoms with Crippen molar-refractivity contribution in [1.29, 1.82) is 0 Å². The highest BCUT2D eigenvalue weighted by Crippen LogP contribution is 2.22. The summed E-state index contributed by atoms with van der Waals surface area (Å²) >= 11 is 1.57. The fourth-order valence-electron chi connectivity index (χ4n) is 2.57. The Labute approximate surface area is 170 Å². The summed E-state index contributed by atoms with van der Waals surface area (Å²) in [5.41, 5.74) is 2.75. The average molecular weight is 437 g/mol. The molecule has 0 fully saturated rings. The number of nitrogens with one attached hydrogen (secondary N) is 2. The highest BCUT2D eigenvalue weighted by molar-refractivity contribution is 7.89. The molecule has 3 rings (SSSR count). The molecule has 0 radical (unpaired) electrons. The first kappa shape index (κ1) is 21.0. The topological polar surface area (TPSA) is 88.2 Å². The smallest absolute Gasteiger partial charge is 0.246 e. The lowest BCUT2D eigenvalue weighted by atomic mass is 10.1. The molecule has 152 valence electrons. The highest BCUT2D eigenvalue weighted by atomic mass is 32.2. The van der Waals surface area contributed by atoms with Gasteiger partial charge < -0.3 is 5.32 Å². The lowest BCUT2D eigenvalue weighted by molar-refractivity contribution is -0.121. The van der Waals surface area contributed by atoms with Crippen molar-refractivity contribution in [3.63, 3.8) is 0 Å². The quantitative estimate of drug-likeness (QED) is 0.567. The summed E-state index contributed by atoms with van der Waals surface area (Å²) in [6.07, 6.45) is 3.16. The zero-order chi connectivity index (χ0) is 20.9. The van der Waals surface area contributed by atoms with Crippen LogP contribution >= 0.6 is 11.3 Å². The Morgan fingerprint density at radius 2 is 1.86 bits per heavy atom. The number of benzene rings is 1. The first-order valence-corrected chi connectivity index (χ1v) is 11.0. The van der Waals surface area contributed by atoms with Gasteiger partial charge in [0.2, 0.25) is 15.9 Å². The summed E-state index contributed by atoms with van der Waals surface area (Å²) in [6, 6.07) is 6.64. The van der Waals surface area contributed by atoms with E-state index in [0.717, 1.165) is 34.9 Å². The Morgan fingerprint density at radius 1 is 1.10 bits per heavy atom. The molecule has 0 bridgehead atoms. The fourth-order valence-corrected chi connectivity index (χ4v) is 4.40. The van der Waals surface area contributed by atoms with Crippen LogP contribution in [0.3, 0.4) is 0 Å². The summed E-state index contributed by atoms with van der Waals surface area (Å²) in [5, 5.41) is 6.61. The minimum atomic E-state index is -4.40. The molecule has 0 unspecified atom stereocenters. The number of carbonyl (C=O) groups is 1. The van der Waals surface area contributed by atoms with Crippen LogP contribution in [0.25, 0.3) is 11.1 Å². The van der Waals surface area contributed by atoms with E-state index in [1.807, 2.05) is 27.6 Å². The predicted octanol–water partition coefficient (Wildman–Crippen LogP) is 3.07. The number of halogens is 2. The van der Waals surface area contributed by atoms with E-state index in [0.29, 0.717) is 0 Å². The van der Waals surface area contributed by atoms with Crippen molar-refractivity contribution in [2.75, 3.05) is 6.54 Å². The van der Waals surface area contributed by atoms with Gasteiger partial charge >= 0.3 is 0 Å². The second kappa shape index (κ2) is 9.21. The van der Waals surface area contributed by atoms with Gasteiger partial charge in [-0.1, -0.05) is 6.07 Å². The molecule has 0 saturated heterocycles. The van der Waals surface area contributed by atoms with Crippen molar-refractivity contribution in [3.05, 3.63) is 70.7 Å². The van der Waals surface area contributed by atoms with Gasteiger partial charge in [-0.3, -0.25) is 9.78 Å². The minimum absolute atomic E-state index is 0.188. The molecule has 6 nitrogen and oxygen atoms in total. The van der Waals surface area contributed by atoms with Crippen LogP contribution in [-0.4, -0.2) is 25.9 Å². The standard InChI is InChI=1S/C19H17F2N3O3S2/c20-16-2-1-3-17(21)19(16)29(26,27)24-6-4-18(25)23-10-13-8-15(11-22-9-13)14-5-7-28-12-14/h1-3,5,7-9,11-12,24H,4,6,10H2,(H,23,25). The van der Waals surface area contributed by atoms with E-state index in [-0.39, 0.29) is 19.5 Å². The summed E-state index contributed by atoms with van der Waals surface area (Å²) in [5.74, 6) is -2.80. The number of hydrogen-bond donors (Lipinski definition) is 2. The van der Waals surface area contributed by atoms with Crippen LogP contribution in [0.5, 0.6) is 0 Å². The normalized spacial score (nSPS) is 11.4. The van der Waals surface area contributed by atoms with Gasteiger partial charge in [-0.15, -0.1) is 0 Å². The fraction of sp³-hybridized carbons (Fsp3) is 0.158. The molecule has 0 atom stereocenters. The van der Waals surface area contributed by atoms with Crippen molar-refractivity contribution >= 4 is 27.3 Å². The van der Waals surface area contributed by atoms with Crippen LogP contribution in [0.15, 0.2) is 58.4 Å². The molecule has 2 heterocycles. The van der Waals surface area contributed by atoms with Gasteiger partial charge in [-0.05, 0) is 46.2 Å². The third kappa shape index (κ3) is 5.43. The third-order valence-corrected chi connectivity index (χ3v) is 6.17. The maximum Gasteiger partial charge on any atom is 0.246 e. The van der Waals surface area contributed by atoms with Crippen LogP contribution < -0.4 is 10.0 Å². The van der Waals surface area contributed by atoms with E-state index in [1.54, 1.807) is 23.7 Å². The van der Waals surface area contributed by atoms with Crippen molar-refractivity contribution in [3.8, 4) is 11.1 Å². The van der Waals surface area contributed by atoms with Gasteiger partial charge in [0.1, 0.15) is 11.6 Å². The molecule has 2 N–H and O–H groups in total. The molecule has 0 aliphatic carbocycles. The van der Waals surface area contributed by atoms with E-state index in [4.69, 9.17) is 0 Å². The van der Waals surface area contributed by atoms with Gasteiger partial charge in [0.25, 0.3) is 0 Å². The number of carbonyl (C=O) groups excluding carboxylic acids is 1. The van der Waals surface area contributed by atoms with Crippen molar-refractivity contribution < 1.29 is 22.0 Å². The Kier molecular flexibility index (Phi) is 6.68. The number of pyridine rings is 1. The zero-order valence-electron chi connectivity index (χ0n) is 15.1. The number of thiophene rings is 1. The maximum atomic E-state index is 13.6. The molecular weight excluding hydrogens is 420 g/mol. The molecule has 3 aromatic rings. The molecule has 0 saturated carbocycles. The number of hydrogen-bond acceptors (Lipinski definition) is 5. The lowest BCUT2D eigenvalue weighted by Gasteiger charge is -2.09. The van der Waals surface area contributed by atoms with Crippen LogP contribution in [0.1, 0.15) is 12.0 Å². The van der Waals surface area contributed by atoms with Gasteiger partial charge in [0, 0.05) is 37.5 Å². The molecule has 0 spiro atoms. The molecule has 0 aliphatic rings. The Bertz CT molecular complexity index is 1080. The van der Waals surface area contributed by atoms with Crippen LogP contribution in [0.4, 0.5) is 8.78 Å². The number of aromatic nitrogens is 1. The summed E-state index contributed by atoms with van der Waals surface area (Å²) in [7, 11) is -4.40. The maximum absolute atomic E-state index is 13.6. The van der Waals surface area contributed by atoms with E-state index < -0.39 is 32.5 Å². The summed E-state index contributed by atoms with van der Waals surface area (Å²) in [4.78, 5) is 15.1. The Morgan fingerprint density at radius 3 is 2.55 bits per heavy atom. The molecule has 1 aromatic carbocycles. The van der Waals surface area contributed by atoms with Gasteiger partial charge in [0.05, 0.1) is 0 Å². The third-order valence-electron chi connectivity index (χ3n) is 3.97. The van der Waals surface area contributed by atoms with Crippen LogP contribution in [-0.2, 0) is 21.4 Å². The SMILES string of the molecule is O=C(CCNS(=O)(=O)c1c(F)cccc1F)NCc1cncc(-c2ccsc2)c1. The van der Waals surface area contributed by atoms with E-state index in [1.165, 1.54) is 0 Å². The number of sulfonamides is 1. The Balaban J connectivity index is 1.51. The van der Waals surface area contributed by atoms with Crippen LogP contribution in [0.2, 0.25) is 0 Å². The first-order valence-electron chi connectivity index (χ1n) is 8.54. The molecule has 10 heteroatoms. The van der Waals surface area contributed by atoms with Crippen molar-refractivity contribution in [2.45, 2.75) is 17.9 Å². The predicted molar refractivity (Wildman–Crippen MR) is 106 cm³/mol. The first-order chi connectivity index (χ1) is 13.9. The summed E-state index contributed by atoms with van der Waals surface area (Å²) < 4.78 is 53.4. The van der Waals surface area contributed by atoms with Crippen molar-refractivity contribution in [1.82, 2.24) is 15.0 Å². The van der Waals surface area contributed by atoms with Gasteiger partial charge in [0.15, 0.2) is 4.90 Å². The molecular formula is C19H17F2N3O3S2. The van der Waals surface area contributed by atoms with Gasteiger partial charge in [-0.25, -0.2) is 21.9 Å². The second-order valence-electron chi connectivity index (χ2n) is 6.07. The molecule has 29 heavy (non-hydrogen) atoms. The van der Waals surface area contributed by atoms with Gasteiger partial charge in [-0.2, -0.15) is 11.3 Å². The number of amides is 1. The van der Waals surface area contributed by atoms with E-state index >= 15 is 0 Å². The number of nitrogens with zero attached hydrogens (tertiary/aromatic N) is 1. The lowest BCUT2D eigenvalue weighted by Crippen LogP contribution is -2.31.